The van der Waals surface area contributed by atoms with Gasteiger partial charge in [-0.2, -0.15) is 0 Å². The molecule has 0 aliphatic rings. The van der Waals surface area contributed by atoms with Gasteiger partial charge in [0, 0.05) is 12.6 Å². The van der Waals surface area contributed by atoms with Crippen LogP contribution < -0.4 is 10.6 Å². The normalized spacial score (nSPS) is 13.3. The molecule has 0 fully saturated rings. The Kier molecular flexibility index (Phi) is 6.82. The lowest BCUT2D eigenvalue weighted by molar-refractivity contribution is 0.229. The summed E-state index contributed by atoms with van der Waals surface area (Å²) in [7, 11) is 4.08. The van der Waals surface area contributed by atoms with E-state index in [1.807, 2.05) is 69.6 Å². The van der Waals surface area contributed by atoms with Gasteiger partial charge in [0.05, 0.1) is 6.04 Å². The second-order valence-electron chi connectivity index (χ2n) is 6.29. The maximum absolute atomic E-state index is 12.2. The number of likely N-dealkylation sites (N-methyl/N-ethyl adjacent to an activating group) is 1. The van der Waals surface area contributed by atoms with E-state index in [9.17, 15) is 4.79 Å². The van der Waals surface area contributed by atoms with Gasteiger partial charge >= 0.3 is 6.03 Å². The number of hydrogen-bond acceptors (Lipinski definition) is 2. The number of rotatable bonds is 7. The molecule has 2 rings (SSSR count). The lowest BCUT2D eigenvalue weighted by Crippen LogP contribution is -2.45. The number of hydrogen-bond donors (Lipinski definition) is 2. The molecular formula is C20H27N3O. The van der Waals surface area contributed by atoms with E-state index in [0.29, 0.717) is 6.54 Å². The first-order valence-electron chi connectivity index (χ1n) is 8.36. The van der Waals surface area contributed by atoms with Crippen molar-refractivity contribution in [3.63, 3.8) is 0 Å². The van der Waals surface area contributed by atoms with Gasteiger partial charge in [0.15, 0.2) is 0 Å². The van der Waals surface area contributed by atoms with Crippen LogP contribution >= 0.6 is 0 Å². The van der Waals surface area contributed by atoms with Gasteiger partial charge in [0.2, 0.25) is 0 Å². The van der Waals surface area contributed by atoms with Crippen LogP contribution in [0.15, 0.2) is 60.7 Å². The summed E-state index contributed by atoms with van der Waals surface area (Å²) in [6, 6.07) is 20.4. The molecule has 0 saturated carbocycles. The molecule has 0 spiro atoms. The Labute approximate surface area is 144 Å². The smallest absolute Gasteiger partial charge is 0.315 e. The third-order valence-electron chi connectivity index (χ3n) is 4.19. The largest absolute Gasteiger partial charge is 0.337 e. The Morgan fingerprint density at radius 1 is 1.00 bits per heavy atom. The highest BCUT2D eigenvalue weighted by Gasteiger charge is 2.15. The van der Waals surface area contributed by atoms with Crippen LogP contribution in [0.5, 0.6) is 0 Å². The predicted octanol–water partition coefficient (Wildman–Crippen LogP) is 3.22. The minimum Gasteiger partial charge on any atom is -0.337 e. The van der Waals surface area contributed by atoms with Crippen molar-refractivity contribution in [2.75, 3.05) is 20.6 Å². The van der Waals surface area contributed by atoms with E-state index in [-0.39, 0.29) is 18.1 Å². The third kappa shape index (κ3) is 5.70. The summed E-state index contributed by atoms with van der Waals surface area (Å²) in [5.41, 5.74) is 2.37. The van der Waals surface area contributed by atoms with E-state index < -0.39 is 0 Å². The highest BCUT2D eigenvalue weighted by atomic mass is 16.2. The number of amides is 2. The molecule has 2 amide bonds. The minimum absolute atomic E-state index is 0.0156. The maximum Gasteiger partial charge on any atom is 0.315 e. The summed E-state index contributed by atoms with van der Waals surface area (Å²) in [5, 5.41) is 5.98. The van der Waals surface area contributed by atoms with Crippen molar-refractivity contribution in [2.24, 2.45) is 0 Å². The fraction of sp³-hybridized carbons (Fsp3) is 0.350. The van der Waals surface area contributed by atoms with Crippen LogP contribution in [-0.4, -0.2) is 37.6 Å². The minimum atomic E-state index is -0.133. The van der Waals surface area contributed by atoms with Crippen molar-refractivity contribution < 1.29 is 4.79 Å². The first-order valence-corrected chi connectivity index (χ1v) is 8.36. The van der Waals surface area contributed by atoms with Crippen molar-refractivity contribution >= 4 is 6.03 Å². The van der Waals surface area contributed by atoms with Gasteiger partial charge < -0.3 is 15.5 Å². The second kappa shape index (κ2) is 9.08. The van der Waals surface area contributed by atoms with Crippen molar-refractivity contribution in [3.05, 3.63) is 71.8 Å². The summed E-state index contributed by atoms with van der Waals surface area (Å²) < 4.78 is 0. The molecule has 2 atom stereocenters. The quantitative estimate of drug-likeness (QED) is 0.821. The van der Waals surface area contributed by atoms with E-state index in [2.05, 4.69) is 27.7 Å². The Hall–Kier alpha value is -2.33. The van der Waals surface area contributed by atoms with E-state index in [4.69, 9.17) is 0 Å². The molecule has 0 saturated heterocycles. The molecule has 0 aliphatic carbocycles. The van der Waals surface area contributed by atoms with Gasteiger partial charge in [-0.15, -0.1) is 0 Å². The molecule has 0 aromatic heterocycles. The molecule has 0 radical (unpaired) electrons. The molecule has 4 nitrogen and oxygen atoms in total. The first kappa shape index (κ1) is 18.0. The molecule has 0 aliphatic heterocycles. The molecule has 128 valence electrons. The molecular weight excluding hydrogens is 298 g/mol. The number of benzene rings is 2. The lowest BCUT2D eigenvalue weighted by Gasteiger charge is -2.25. The van der Waals surface area contributed by atoms with Gasteiger partial charge in [-0.25, -0.2) is 4.79 Å². The molecule has 2 aromatic carbocycles. The Morgan fingerprint density at radius 3 is 2.17 bits per heavy atom. The van der Waals surface area contributed by atoms with E-state index >= 15 is 0 Å². The predicted molar refractivity (Wildman–Crippen MR) is 99.0 cm³/mol. The number of nitrogens with zero attached hydrogens (tertiary/aromatic N) is 1. The number of carbonyl (C=O) groups excluding carboxylic acids is 1. The van der Waals surface area contributed by atoms with Crippen LogP contribution in [0.2, 0.25) is 0 Å². The van der Waals surface area contributed by atoms with Gasteiger partial charge in [-0.3, -0.25) is 0 Å². The number of urea groups is 1. The van der Waals surface area contributed by atoms with Crippen LogP contribution in [0.3, 0.4) is 0 Å². The summed E-state index contributed by atoms with van der Waals surface area (Å²) in [6.45, 7) is 2.59. The van der Waals surface area contributed by atoms with Crippen molar-refractivity contribution in [3.8, 4) is 0 Å². The zero-order valence-corrected chi connectivity index (χ0v) is 14.7. The molecule has 2 aromatic rings. The summed E-state index contributed by atoms with van der Waals surface area (Å²) in [6.07, 6.45) is 0.905. The topological polar surface area (TPSA) is 44.4 Å². The molecule has 2 unspecified atom stereocenters. The summed E-state index contributed by atoms with van der Waals surface area (Å²) in [4.78, 5) is 14.3. The molecule has 0 heterocycles. The van der Waals surface area contributed by atoms with Gasteiger partial charge in [-0.05, 0) is 38.6 Å². The molecule has 2 N–H and O–H groups in total. The fourth-order valence-corrected chi connectivity index (χ4v) is 2.61. The van der Waals surface area contributed by atoms with Crippen LogP contribution in [0.25, 0.3) is 0 Å². The standard InChI is InChI=1S/C20H27N3O/c1-16(18-12-8-5-9-13-18)22-20(24)21-15-19(23(2)3)14-17-10-6-4-7-11-17/h4-13,16,19H,14-15H2,1-3H3,(H2,21,22,24). The lowest BCUT2D eigenvalue weighted by atomic mass is 10.1. The van der Waals surface area contributed by atoms with Gasteiger partial charge in [0.1, 0.15) is 0 Å². The average molecular weight is 325 g/mol. The van der Waals surface area contributed by atoms with E-state index in [1.54, 1.807) is 0 Å². The van der Waals surface area contributed by atoms with Crippen molar-refractivity contribution in [1.29, 1.82) is 0 Å². The zero-order chi connectivity index (χ0) is 17.4. The highest BCUT2D eigenvalue weighted by molar-refractivity contribution is 5.74. The van der Waals surface area contributed by atoms with Crippen LogP contribution in [0.4, 0.5) is 4.79 Å². The Bertz CT molecular complexity index is 613. The van der Waals surface area contributed by atoms with Crippen molar-refractivity contribution in [1.82, 2.24) is 15.5 Å². The average Bonchev–Trinajstić information content (AvgIpc) is 2.60. The van der Waals surface area contributed by atoms with E-state index in [1.165, 1.54) is 5.56 Å². The third-order valence-corrected chi connectivity index (χ3v) is 4.19. The monoisotopic (exact) mass is 325 g/mol. The Balaban J connectivity index is 1.84. The zero-order valence-electron chi connectivity index (χ0n) is 14.7. The number of carbonyl (C=O) groups is 1. The highest BCUT2D eigenvalue weighted by Crippen LogP contribution is 2.11. The fourth-order valence-electron chi connectivity index (χ4n) is 2.61. The molecule has 0 bridgehead atoms. The molecule has 24 heavy (non-hydrogen) atoms. The number of nitrogens with one attached hydrogen (secondary N) is 2. The van der Waals surface area contributed by atoms with Crippen LogP contribution in [-0.2, 0) is 6.42 Å². The SMILES string of the molecule is CC(NC(=O)NCC(Cc1ccccc1)N(C)C)c1ccccc1. The molecule has 4 heteroatoms. The van der Waals surface area contributed by atoms with Crippen LogP contribution in [0, 0.1) is 0 Å². The van der Waals surface area contributed by atoms with Crippen LogP contribution in [0.1, 0.15) is 24.1 Å². The summed E-state index contributed by atoms with van der Waals surface area (Å²) in [5.74, 6) is 0. The first-order chi connectivity index (χ1) is 11.6. The van der Waals surface area contributed by atoms with Gasteiger partial charge in [-0.1, -0.05) is 60.7 Å². The maximum atomic E-state index is 12.2. The summed E-state index contributed by atoms with van der Waals surface area (Å²) >= 11 is 0. The second-order valence-corrected chi connectivity index (χ2v) is 6.29. The Morgan fingerprint density at radius 2 is 1.58 bits per heavy atom. The van der Waals surface area contributed by atoms with Gasteiger partial charge in [0.25, 0.3) is 0 Å². The van der Waals surface area contributed by atoms with E-state index in [0.717, 1.165) is 12.0 Å². The van der Waals surface area contributed by atoms with Crippen molar-refractivity contribution in [2.45, 2.75) is 25.4 Å².